The first kappa shape index (κ1) is 35.3. The fraction of sp³-hybridized carbons (Fsp3) is 0.343. The highest BCUT2D eigenvalue weighted by Crippen LogP contribution is 2.44. The number of amides is 6. The number of carbonyl (C=O) groups is 5. The number of carbonyl (C=O) groups excluding carboxylic acids is 5. The Morgan fingerprint density at radius 1 is 0.792 bits per heavy atom. The lowest BCUT2D eigenvalue weighted by atomic mass is 9.98. The first-order valence-electron chi connectivity index (χ1n) is 15.8. The summed E-state index contributed by atoms with van der Waals surface area (Å²) < 4.78 is 10.7. The van der Waals surface area contributed by atoms with Gasteiger partial charge in [0.05, 0.1) is 0 Å². The first-order valence-corrected chi connectivity index (χ1v) is 15.8. The minimum absolute atomic E-state index is 0.0483. The summed E-state index contributed by atoms with van der Waals surface area (Å²) in [6.07, 6.45) is -0.808. The minimum Gasteiger partial charge on any atom is -0.449 e. The maximum atomic E-state index is 13.5. The van der Waals surface area contributed by atoms with Crippen LogP contribution in [0.4, 0.5) is 20.1 Å². The molecule has 0 spiro atoms. The van der Waals surface area contributed by atoms with E-state index in [0.29, 0.717) is 17.7 Å². The molecule has 0 radical (unpaired) electrons. The quantitative estimate of drug-likeness (QED) is 0.141. The average Bonchev–Trinajstić information content (AvgIpc) is 3.40. The fourth-order valence-electron chi connectivity index (χ4n) is 5.48. The highest BCUT2D eigenvalue weighted by Gasteiger charge is 2.32. The maximum absolute atomic E-state index is 13.5. The smallest absolute Gasteiger partial charge is 0.407 e. The number of benzene rings is 3. The summed E-state index contributed by atoms with van der Waals surface area (Å²) in [6.45, 7) is 3.87. The Kier molecular flexibility index (Phi) is 12.4. The van der Waals surface area contributed by atoms with Gasteiger partial charge in [0.1, 0.15) is 25.3 Å². The number of hydrogen-bond donors (Lipinski definition) is 6. The van der Waals surface area contributed by atoms with Gasteiger partial charge in [0.15, 0.2) is 0 Å². The van der Waals surface area contributed by atoms with Crippen LogP contribution in [0.15, 0.2) is 72.8 Å². The molecule has 1 aliphatic carbocycles. The Labute approximate surface area is 279 Å². The van der Waals surface area contributed by atoms with Crippen molar-refractivity contribution in [2.75, 3.05) is 25.5 Å². The van der Waals surface area contributed by atoms with E-state index in [9.17, 15) is 24.0 Å². The second-order valence-corrected chi connectivity index (χ2v) is 11.7. The number of ether oxygens (including phenoxy) is 2. The van der Waals surface area contributed by atoms with Crippen LogP contribution in [0, 0.1) is 5.92 Å². The molecule has 0 unspecified atom stereocenters. The van der Waals surface area contributed by atoms with E-state index in [1.807, 2.05) is 48.5 Å². The van der Waals surface area contributed by atoms with E-state index in [4.69, 9.17) is 15.2 Å². The molecule has 1 aliphatic rings. The third kappa shape index (κ3) is 9.47. The van der Waals surface area contributed by atoms with Crippen molar-refractivity contribution in [2.24, 2.45) is 11.7 Å². The molecule has 254 valence electrons. The molecule has 0 saturated heterocycles. The van der Waals surface area contributed by atoms with Gasteiger partial charge >= 0.3 is 18.2 Å². The number of nitrogens with one attached hydrogen (secondary N) is 5. The van der Waals surface area contributed by atoms with Crippen LogP contribution in [0.25, 0.3) is 11.1 Å². The molecule has 0 aliphatic heterocycles. The van der Waals surface area contributed by atoms with E-state index in [1.54, 1.807) is 38.1 Å². The van der Waals surface area contributed by atoms with Gasteiger partial charge in [-0.15, -0.1) is 0 Å². The number of hydrogen-bond acceptors (Lipinski definition) is 7. The van der Waals surface area contributed by atoms with Gasteiger partial charge in [-0.1, -0.05) is 74.5 Å². The number of rotatable bonds is 14. The van der Waals surface area contributed by atoms with E-state index in [0.717, 1.165) is 22.3 Å². The van der Waals surface area contributed by atoms with Gasteiger partial charge < -0.3 is 41.8 Å². The highest BCUT2D eigenvalue weighted by molar-refractivity contribution is 5.98. The zero-order chi connectivity index (χ0) is 34.6. The van der Waals surface area contributed by atoms with Gasteiger partial charge in [0.25, 0.3) is 0 Å². The molecular formula is C35H42N6O7. The van der Waals surface area contributed by atoms with Crippen molar-refractivity contribution in [3.63, 3.8) is 0 Å². The summed E-state index contributed by atoms with van der Waals surface area (Å²) in [5.74, 6) is -1.55. The molecular weight excluding hydrogens is 616 g/mol. The van der Waals surface area contributed by atoms with Crippen LogP contribution in [0.2, 0.25) is 0 Å². The molecule has 48 heavy (non-hydrogen) atoms. The summed E-state index contributed by atoms with van der Waals surface area (Å²) in [4.78, 5) is 62.4. The highest BCUT2D eigenvalue weighted by atomic mass is 16.6. The molecule has 3 aromatic rings. The van der Waals surface area contributed by atoms with Crippen LogP contribution in [0.1, 0.15) is 49.3 Å². The molecule has 4 rings (SSSR count). The van der Waals surface area contributed by atoms with Crippen LogP contribution in [-0.2, 0) is 25.7 Å². The summed E-state index contributed by atoms with van der Waals surface area (Å²) >= 11 is 0. The van der Waals surface area contributed by atoms with Crippen LogP contribution in [0.5, 0.6) is 0 Å². The summed E-state index contributed by atoms with van der Waals surface area (Å²) in [5.41, 5.74) is 10.7. The van der Waals surface area contributed by atoms with Crippen LogP contribution in [0.3, 0.4) is 0 Å². The largest absolute Gasteiger partial charge is 0.449 e. The summed E-state index contributed by atoms with van der Waals surface area (Å²) in [7, 11) is 1.46. The number of nitrogens with two attached hydrogens (primary N) is 1. The first-order chi connectivity index (χ1) is 23.1. The number of alkyl carbamates (subject to hydrolysis) is 2. The zero-order valence-electron chi connectivity index (χ0n) is 27.2. The van der Waals surface area contributed by atoms with Gasteiger partial charge in [-0.3, -0.25) is 9.59 Å². The molecule has 13 nitrogen and oxygen atoms in total. The SMILES string of the molecule is CNC(=O)OCc1ccc(NC(=O)[C@H](CCCNC(N)=O)NC(=O)[C@@H](NC(=O)OCC2c3ccccc3-c3ccccc32)C(C)C)cc1. The van der Waals surface area contributed by atoms with Gasteiger partial charge in [-0.2, -0.15) is 0 Å². The van der Waals surface area contributed by atoms with Gasteiger partial charge in [0, 0.05) is 25.2 Å². The molecule has 0 saturated carbocycles. The Morgan fingerprint density at radius 3 is 2.00 bits per heavy atom. The van der Waals surface area contributed by atoms with E-state index < -0.39 is 42.1 Å². The van der Waals surface area contributed by atoms with Crippen molar-refractivity contribution in [2.45, 2.75) is 51.3 Å². The molecule has 3 aromatic carbocycles. The predicted molar refractivity (Wildman–Crippen MR) is 180 cm³/mol. The fourth-order valence-corrected chi connectivity index (χ4v) is 5.48. The summed E-state index contributed by atoms with van der Waals surface area (Å²) in [6, 6.07) is 19.9. The van der Waals surface area contributed by atoms with Crippen molar-refractivity contribution in [1.29, 1.82) is 0 Å². The number of primary amides is 1. The Bertz CT molecular complexity index is 1570. The number of fused-ring (bicyclic) bond motifs is 3. The topological polar surface area (TPSA) is 190 Å². The van der Waals surface area contributed by atoms with Crippen LogP contribution >= 0.6 is 0 Å². The van der Waals surface area contributed by atoms with Crippen molar-refractivity contribution in [3.8, 4) is 11.1 Å². The Balaban J connectivity index is 1.38. The molecule has 6 amide bonds. The predicted octanol–water partition coefficient (Wildman–Crippen LogP) is 3.98. The molecule has 0 fully saturated rings. The standard InChI is InChI=1S/C35H42N6O7/c1-21(2)30(41-35(46)48-20-28-26-11-6-4-9-24(26)25-10-5-7-12-27(25)28)32(43)40-29(13-8-18-38-33(36)44)31(42)39-23-16-14-22(15-17-23)19-47-34(45)37-3/h4-7,9-12,14-17,21,28-30H,8,13,18-20H2,1-3H3,(H,37,45)(H,39,42)(H,40,43)(H,41,46)(H3,36,38,44)/t29-,30-/m0/s1. The molecule has 0 aromatic heterocycles. The van der Waals surface area contributed by atoms with Crippen molar-refractivity contribution in [3.05, 3.63) is 89.5 Å². The Morgan fingerprint density at radius 2 is 1.42 bits per heavy atom. The van der Waals surface area contributed by atoms with E-state index in [2.05, 4.69) is 26.6 Å². The van der Waals surface area contributed by atoms with Crippen molar-refractivity contribution in [1.82, 2.24) is 21.3 Å². The maximum Gasteiger partial charge on any atom is 0.407 e. The monoisotopic (exact) mass is 658 g/mol. The minimum atomic E-state index is -1.01. The number of anilines is 1. The van der Waals surface area contributed by atoms with Gasteiger partial charge in [-0.25, -0.2) is 14.4 Å². The number of urea groups is 1. The lowest BCUT2D eigenvalue weighted by Gasteiger charge is -2.25. The van der Waals surface area contributed by atoms with Crippen molar-refractivity contribution >= 4 is 35.7 Å². The van der Waals surface area contributed by atoms with Crippen molar-refractivity contribution < 1.29 is 33.4 Å². The van der Waals surface area contributed by atoms with Gasteiger partial charge in [-0.05, 0) is 58.7 Å². The average molecular weight is 659 g/mol. The van der Waals surface area contributed by atoms with E-state index in [1.165, 1.54) is 7.05 Å². The molecule has 0 heterocycles. The normalized spacial score (nSPS) is 12.9. The second kappa shape index (κ2) is 16.8. The van der Waals surface area contributed by atoms with Crippen LogP contribution < -0.4 is 32.3 Å². The zero-order valence-corrected chi connectivity index (χ0v) is 27.2. The van der Waals surface area contributed by atoms with Gasteiger partial charge in [0.2, 0.25) is 11.8 Å². The second-order valence-electron chi connectivity index (χ2n) is 11.7. The molecule has 7 N–H and O–H groups in total. The molecule has 0 bridgehead atoms. The van der Waals surface area contributed by atoms with E-state index >= 15 is 0 Å². The lowest BCUT2D eigenvalue weighted by Crippen LogP contribution is -2.54. The van der Waals surface area contributed by atoms with E-state index in [-0.39, 0.29) is 38.0 Å². The molecule has 2 atom stereocenters. The Hall–Kier alpha value is -5.59. The summed E-state index contributed by atoms with van der Waals surface area (Å²) in [5, 5.41) is 13.0. The van der Waals surface area contributed by atoms with Crippen LogP contribution in [-0.4, -0.2) is 62.3 Å². The molecule has 13 heteroatoms. The third-order valence-electron chi connectivity index (χ3n) is 7.96. The third-order valence-corrected chi connectivity index (χ3v) is 7.96. The lowest BCUT2D eigenvalue weighted by molar-refractivity contribution is -0.128.